The van der Waals surface area contributed by atoms with Crippen LogP contribution in [0.3, 0.4) is 0 Å². The average Bonchev–Trinajstić information content (AvgIpc) is 2.65. The molecule has 2 aromatic rings. The van der Waals surface area contributed by atoms with Crippen LogP contribution in [0.1, 0.15) is 19.4 Å². The van der Waals surface area contributed by atoms with Crippen molar-refractivity contribution in [3.63, 3.8) is 0 Å². The Labute approximate surface area is 153 Å². The van der Waals surface area contributed by atoms with Crippen molar-refractivity contribution >= 4 is 12.2 Å². The van der Waals surface area contributed by atoms with E-state index in [0.717, 1.165) is 23.1 Å². The van der Waals surface area contributed by atoms with Crippen molar-refractivity contribution in [2.75, 3.05) is 20.3 Å². The van der Waals surface area contributed by atoms with E-state index >= 15 is 0 Å². The van der Waals surface area contributed by atoms with Crippen LogP contribution in [0.2, 0.25) is 0 Å². The molecule has 7 heteroatoms. The van der Waals surface area contributed by atoms with Crippen LogP contribution < -0.4 is 15.2 Å². The van der Waals surface area contributed by atoms with Gasteiger partial charge in [0.05, 0.1) is 20.3 Å². The third-order valence-electron chi connectivity index (χ3n) is 4.16. The number of aliphatic imine (C=N–C) groups is 2. The molecule has 0 aromatic carbocycles. The molecule has 2 aromatic heterocycles. The molecule has 1 unspecified atom stereocenters. The van der Waals surface area contributed by atoms with E-state index in [1.165, 1.54) is 0 Å². The SMILES string of the molecule is CCOc1cc(-c2cc(CC3(C)C=NC(N)=NC3)cnc2OC)ccn1. The van der Waals surface area contributed by atoms with Crippen LogP contribution in [-0.4, -0.2) is 42.4 Å². The van der Waals surface area contributed by atoms with Gasteiger partial charge in [0.2, 0.25) is 17.7 Å². The van der Waals surface area contributed by atoms with Crippen LogP contribution in [0.4, 0.5) is 0 Å². The molecule has 0 saturated carbocycles. The number of hydrogen-bond acceptors (Lipinski definition) is 7. The van der Waals surface area contributed by atoms with Crippen molar-refractivity contribution in [1.29, 1.82) is 0 Å². The number of ether oxygens (including phenoxy) is 2. The number of nitrogens with two attached hydrogens (primary N) is 1. The van der Waals surface area contributed by atoms with E-state index in [0.29, 0.717) is 30.9 Å². The Morgan fingerprint density at radius 3 is 2.81 bits per heavy atom. The topological polar surface area (TPSA) is 95.0 Å². The monoisotopic (exact) mass is 353 g/mol. The summed E-state index contributed by atoms with van der Waals surface area (Å²) >= 11 is 0. The van der Waals surface area contributed by atoms with Gasteiger partial charge in [0.1, 0.15) is 0 Å². The van der Waals surface area contributed by atoms with Crippen molar-refractivity contribution in [2.45, 2.75) is 20.3 Å². The van der Waals surface area contributed by atoms with Crippen LogP contribution in [0.25, 0.3) is 11.1 Å². The van der Waals surface area contributed by atoms with Crippen LogP contribution in [-0.2, 0) is 6.42 Å². The molecular weight excluding hydrogens is 330 g/mol. The zero-order chi connectivity index (χ0) is 18.6. The third kappa shape index (κ3) is 3.99. The highest BCUT2D eigenvalue weighted by atomic mass is 16.5. The molecule has 0 saturated heterocycles. The van der Waals surface area contributed by atoms with Crippen LogP contribution in [0.5, 0.6) is 11.8 Å². The molecule has 0 radical (unpaired) electrons. The van der Waals surface area contributed by atoms with Gasteiger partial charge in [-0.1, -0.05) is 6.92 Å². The highest BCUT2D eigenvalue weighted by Crippen LogP contribution is 2.32. The highest BCUT2D eigenvalue weighted by molar-refractivity contribution is 5.90. The lowest BCUT2D eigenvalue weighted by Crippen LogP contribution is -2.31. The molecule has 1 atom stereocenters. The lowest BCUT2D eigenvalue weighted by Gasteiger charge is -2.25. The summed E-state index contributed by atoms with van der Waals surface area (Å²) in [6.45, 7) is 5.20. The number of pyridine rings is 2. The Kier molecular flexibility index (Phi) is 5.16. The summed E-state index contributed by atoms with van der Waals surface area (Å²) in [7, 11) is 1.61. The van der Waals surface area contributed by atoms with Crippen molar-refractivity contribution in [1.82, 2.24) is 9.97 Å². The smallest absolute Gasteiger partial charge is 0.221 e. The summed E-state index contributed by atoms with van der Waals surface area (Å²) < 4.78 is 10.9. The fourth-order valence-electron chi connectivity index (χ4n) is 2.90. The number of rotatable bonds is 6. The van der Waals surface area contributed by atoms with Gasteiger partial charge in [-0.05, 0) is 36.6 Å². The average molecular weight is 353 g/mol. The van der Waals surface area contributed by atoms with E-state index in [2.05, 4.69) is 32.9 Å². The summed E-state index contributed by atoms with van der Waals surface area (Å²) in [5, 5.41) is 0. The third-order valence-corrected chi connectivity index (χ3v) is 4.16. The van der Waals surface area contributed by atoms with Gasteiger partial charge < -0.3 is 15.2 Å². The van der Waals surface area contributed by atoms with Gasteiger partial charge in [-0.15, -0.1) is 0 Å². The molecule has 3 heterocycles. The molecule has 1 aliphatic heterocycles. The Balaban J connectivity index is 1.92. The minimum Gasteiger partial charge on any atom is -0.481 e. The second-order valence-corrected chi connectivity index (χ2v) is 6.48. The number of methoxy groups -OCH3 is 1. The fraction of sp³-hybridized carbons (Fsp3) is 0.368. The van der Waals surface area contributed by atoms with Crippen LogP contribution in [0.15, 0.2) is 40.6 Å². The van der Waals surface area contributed by atoms with Crippen molar-refractivity contribution in [2.24, 2.45) is 21.1 Å². The molecule has 1 aliphatic rings. The molecule has 0 spiro atoms. The zero-order valence-corrected chi connectivity index (χ0v) is 15.3. The number of nitrogens with zero attached hydrogens (tertiary/aromatic N) is 4. The van der Waals surface area contributed by atoms with E-state index in [4.69, 9.17) is 15.2 Å². The Morgan fingerprint density at radius 2 is 2.12 bits per heavy atom. The quantitative estimate of drug-likeness (QED) is 0.861. The van der Waals surface area contributed by atoms with E-state index in [9.17, 15) is 0 Å². The Morgan fingerprint density at radius 1 is 1.27 bits per heavy atom. The molecule has 0 bridgehead atoms. The summed E-state index contributed by atoms with van der Waals surface area (Å²) in [6, 6.07) is 5.89. The van der Waals surface area contributed by atoms with Gasteiger partial charge in [0, 0.05) is 35.7 Å². The predicted molar refractivity (Wildman–Crippen MR) is 102 cm³/mol. The predicted octanol–water partition coefficient (Wildman–Crippen LogP) is 2.50. The lowest BCUT2D eigenvalue weighted by molar-refractivity contribution is 0.327. The van der Waals surface area contributed by atoms with Crippen LogP contribution >= 0.6 is 0 Å². The maximum Gasteiger partial charge on any atom is 0.221 e. The molecule has 136 valence electrons. The van der Waals surface area contributed by atoms with Gasteiger partial charge >= 0.3 is 0 Å². The second kappa shape index (κ2) is 7.51. The van der Waals surface area contributed by atoms with Crippen molar-refractivity contribution in [3.05, 3.63) is 36.2 Å². The molecule has 0 fully saturated rings. The Hall–Kier alpha value is -2.96. The van der Waals surface area contributed by atoms with Gasteiger partial charge in [-0.25, -0.2) is 15.0 Å². The lowest BCUT2D eigenvalue weighted by atomic mass is 9.84. The standard InChI is InChI=1S/C19H23N5O2/c1-4-26-16-8-14(5-6-21-16)15-7-13(10-22-17(15)25-3)9-19(2)11-23-18(20)24-12-19/h5-8,10-11H,4,9,12H2,1-3H3,(H2,20,24). The van der Waals surface area contributed by atoms with E-state index in [1.54, 1.807) is 13.3 Å². The summed E-state index contributed by atoms with van der Waals surface area (Å²) in [6.07, 6.45) is 6.17. The minimum atomic E-state index is -0.189. The van der Waals surface area contributed by atoms with Crippen LogP contribution in [0, 0.1) is 5.41 Å². The van der Waals surface area contributed by atoms with Crippen molar-refractivity contribution in [3.8, 4) is 22.9 Å². The number of guanidine groups is 1. The van der Waals surface area contributed by atoms with E-state index in [-0.39, 0.29) is 5.41 Å². The summed E-state index contributed by atoms with van der Waals surface area (Å²) in [5.41, 5.74) is 8.35. The zero-order valence-electron chi connectivity index (χ0n) is 15.3. The molecular formula is C19H23N5O2. The molecule has 3 rings (SSSR count). The van der Waals surface area contributed by atoms with Gasteiger partial charge in [-0.2, -0.15) is 0 Å². The van der Waals surface area contributed by atoms with Gasteiger partial charge in [0.15, 0.2) is 0 Å². The Bertz CT molecular complexity index is 850. The van der Waals surface area contributed by atoms with E-state index < -0.39 is 0 Å². The maximum absolute atomic E-state index is 5.63. The first-order chi connectivity index (χ1) is 12.5. The normalized spacial score (nSPS) is 19.1. The maximum atomic E-state index is 5.63. The first-order valence-corrected chi connectivity index (χ1v) is 8.50. The summed E-state index contributed by atoms with van der Waals surface area (Å²) in [5.74, 6) is 1.47. The van der Waals surface area contributed by atoms with Gasteiger partial charge in [0.25, 0.3) is 0 Å². The minimum absolute atomic E-state index is 0.189. The first kappa shape index (κ1) is 17.8. The summed E-state index contributed by atoms with van der Waals surface area (Å²) in [4.78, 5) is 17.1. The molecule has 7 nitrogen and oxygen atoms in total. The van der Waals surface area contributed by atoms with E-state index in [1.807, 2.05) is 31.5 Å². The number of hydrogen-bond donors (Lipinski definition) is 1. The molecule has 26 heavy (non-hydrogen) atoms. The number of aromatic nitrogens is 2. The molecule has 2 N–H and O–H groups in total. The fourth-order valence-corrected chi connectivity index (χ4v) is 2.90. The van der Waals surface area contributed by atoms with Crippen molar-refractivity contribution < 1.29 is 9.47 Å². The largest absolute Gasteiger partial charge is 0.481 e. The first-order valence-electron chi connectivity index (χ1n) is 8.50. The molecule has 0 amide bonds. The highest BCUT2D eigenvalue weighted by Gasteiger charge is 2.26. The second-order valence-electron chi connectivity index (χ2n) is 6.48. The van der Waals surface area contributed by atoms with Gasteiger partial charge in [-0.3, -0.25) is 4.99 Å². The molecule has 0 aliphatic carbocycles.